The molecule has 0 aliphatic heterocycles. The number of rotatable bonds is 6. The van der Waals surface area contributed by atoms with Gasteiger partial charge in [0.15, 0.2) is 9.84 Å². The highest BCUT2D eigenvalue weighted by Crippen LogP contribution is 2.31. The molecule has 7 nitrogen and oxygen atoms in total. The van der Waals surface area contributed by atoms with E-state index in [4.69, 9.17) is 16.0 Å². The Bertz CT molecular complexity index is 833. The van der Waals surface area contributed by atoms with Crippen molar-refractivity contribution in [2.45, 2.75) is 11.4 Å². The first-order chi connectivity index (χ1) is 11.2. The Labute approximate surface area is 145 Å². The molecule has 2 aromatic rings. The Kier molecular flexibility index (Phi) is 5.53. The second-order valence-electron chi connectivity index (χ2n) is 5.38. The van der Waals surface area contributed by atoms with Gasteiger partial charge in [-0.2, -0.15) is 0 Å². The lowest BCUT2D eigenvalue weighted by Crippen LogP contribution is -2.36. The van der Waals surface area contributed by atoms with Crippen LogP contribution in [-0.2, 0) is 16.4 Å². The summed E-state index contributed by atoms with van der Waals surface area (Å²) < 4.78 is 29.1. The number of hydrogen-bond donors (Lipinski definition) is 2. The predicted octanol–water partition coefficient (Wildman–Crippen LogP) is 2.16. The number of sulfone groups is 1. The molecular formula is C15H18ClN3O4S. The topological polar surface area (TPSA) is 91.7 Å². The van der Waals surface area contributed by atoms with E-state index in [-0.39, 0.29) is 15.5 Å². The van der Waals surface area contributed by atoms with Crippen molar-refractivity contribution >= 4 is 33.0 Å². The van der Waals surface area contributed by atoms with Crippen LogP contribution in [0.15, 0.2) is 39.8 Å². The van der Waals surface area contributed by atoms with Crippen molar-refractivity contribution in [3.8, 4) is 0 Å². The molecule has 24 heavy (non-hydrogen) atoms. The fourth-order valence-corrected chi connectivity index (χ4v) is 3.36. The lowest BCUT2D eigenvalue weighted by Gasteiger charge is -2.15. The molecule has 2 rings (SSSR count). The van der Waals surface area contributed by atoms with E-state index < -0.39 is 15.7 Å². The van der Waals surface area contributed by atoms with Gasteiger partial charge in [-0.05, 0) is 24.3 Å². The molecule has 1 aromatic carbocycles. The summed E-state index contributed by atoms with van der Waals surface area (Å²) in [5, 5.41) is 4.49. The standard InChI is InChI=1S/C15H18ClN3O4S/c1-19(2)18-15(20)10-7-12(17-9-11-5-4-6-23-11)14(16)13(8-10)24(3,21)22/h4-8,17H,9H2,1-3H3,(H,18,20). The first kappa shape index (κ1) is 18.3. The molecule has 9 heteroatoms. The van der Waals surface area contributed by atoms with E-state index in [2.05, 4.69) is 10.7 Å². The van der Waals surface area contributed by atoms with Crippen molar-refractivity contribution < 1.29 is 17.6 Å². The van der Waals surface area contributed by atoms with E-state index in [1.807, 2.05) is 0 Å². The number of benzene rings is 1. The van der Waals surface area contributed by atoms with Gasteiger partial charge in [0.05, 0.1) is 28.4 Å². The van der Waals surface area contributed by atoms with E-state index in [9.17, 15) is 13.2 Å². The Morgan fingerprint density at radius 3 is 2.58 bits per heavy atom. The molecular weight excluding hydrogens is 354 g/mol. The van der Waals surface area contributed by atoms with Crippen LogP contribution in [0.4, 0.5) is 5.69 Å². The van der Waals surface area contributed by atoms with E-state index in [1.165, 1.54) is 23.4 Å². The summed E-state index contributed by atoms with van der Waals surface area (Å²) in [6, 6.07) is 6.26. The molecule has 0 radical (unpaired) electrons. The van der Waals surface area contributed by atoms with Gasteiger partial charge in [-0.3, -0.25) is 10.2 Å². The van der Waals surface area contributed by atoms with Crippen LogP contribution >= 0.6 is 11.6 Å². The smallest absolute Gasteiger partial charge is 0.265 e. The van der Waals surface area contributed by atoms with Gasteiger partial charge in [-0.15, -0.1) is 0 Å². The Hall–Kier alpha value is -2.03. The minimum atomic E-state index is -3.60. The van der Waals surface area contributed by atoms with Crippen molar-refractivity contribution in [1.82, 2.24) is 10.4 Å². The van der Waals surface area contributed by atoms with Crippen LogP contribution in [0.25, 0.3) is 0 Å². The molecule has 0 saturated heterocycles. The molecule has 2 N–H and O–H groups in total. The van der Waals surface area contributed by atoms with Gasteiger partial charge in [0, 0.05) is 25.9 Å². The Morgan fingerprint density at radius 1 is 1.33 bits per heavy atom. The molecule has 0 spiro atoms. The highest BCUT2D eigenvalue weighted by molar-refractivity contribution is 7.90. The third-order valence-corrected chi connectivity index (χ3v) is 4.70. The summed E-state index contributed by atoms with van der Waals surface area (Å²) >= 11 is 6.20. The summed E-state index contributed by atoms with van der Waals surface area (Å²) in [5.74, 6) is 0.206. The van der Waals surface area contributed by atoms with Crippen molar-refractivity contribution in [2.75, 3.05) is 25.7 Å². The van der Waals surface area contributed by atoms with Crippen molar-refractivity contribution in [2.24, 2.45) is 0 Å². The second-order valence-corrected chi connectivity index (χ2v) is 7.74. The summed E-state index contributed by atoms with van der Waals surface area (Å²) in [5.41, 5.74) is 3.07. The van der Waals surface area contributed by atoms with E-state index >= 15 is 0 Å². The Morgan fingerprint density at radius 2 is 2.04 bits per heavy atom. The minimum Gasteiger partial charge on any atom is -0.467 e. The number of hydrazine groups is 1. The average Bonchev–Trinajstić information content (AvgIpc) is 2.97. The maximum absolute atomic E-state index is 12.2. The largest absolute Gasteiger partial charge is 0.467 e. The van der Waals surface area contributed by atoms with Crippen LogP contribution in [-0.4, -0.2) is 39.7 Å². The highest BCUT2D eigenvalue weighted by atomic mass is 35.5. The second kappa shape index (κ2) is 7.25. The minimum absolute atomic E-state index is 0.0328. The average molecular weight is 372 g/mol. The van der Waals surface area contributed by atoms with Gasteiger partial charge in [0.2, 0.25) is 0 Å². The zero-order valence-corrected chi connectivity index (χ0v) is 15.0. The first-order valence-electron chi connectivity index (χ1n) is 6.96. The van der Waals surface area contributed by atoms with Crippen LogP contribution in [0, 0.1) is 0 Å². The Balaban J connectivity index is 2.42. The van der Waals surface area contributed by atoms with Gasteiger partial charge in [-0.1, -0.05) is 11.6 Å². The highest BCUT2D eigenvalue weighted by Gasteiger charge is 2.20. The number of halogens is 1. The zero-order valence-electron chi connectivity index (χ0n) is 13.5. The molecule has 0 aliphatic rings. The summed E-state index contributed by atoms with van der Waals surface area (Å²) in [6.45, 7) is 0.300. The predicted molar refractivity (Wildman–Crippen MR) is 91.7 cm³/mol. The number of amides is 1. The zero-order chi connectivity index (χ0) is 17.9. The van der Waals surface area contributed by atoms with E-state index in [0.29, 0.717) is 18.0 Å². The van der Waals surface area contributed by atoms with E-state index in [1.54, 1.807) is 26.2 Å². The molecule has 0 fully saturated rings. The number of furan rings is 1. The molecule has 0 aliphatic carbocycles. The number of hydrogen-bond acceptors (Lipinski definition) is 6. The number of anilines is 1. The van der Waals surface area contributed by atoms with Gasteiger partial charge in [0.25, 0.3) is 5.91 Å². The number of carbonyl (C=O) groups excluding carboxylic acids is 1. The summed E-state index contributed by atoms with van der Waals surface area (Å²) in [4.78, 5) is 12.1. The van der Waals surface area contributed by atoms with Crippen molar-refractivity contribution in [3.63, 3.8) is 0 Å². The molecule has 0 unspecified atom stereocenters. The number of nitrogens with zero attached hydrogens (tertiary/aromatic N) is 1. The van der Waals surface area contributed by atoms with Crippen LogP contribution in [0.3, 0.4) is 0 Å². The van der Waals surface area contributed by atoms with Gasteiger partial charge < -0.3 is 9.73 Å². The molecule has 1 aromatic heterocycles. The fraction of sp³-hybridized carbons (Fsp3) is 0.267. The molecule has 1 heterocycles. The summed E-state index contributed by atoms with van der Waals surface area (Å²) in [7, 11) is -0.293. The summed E-state index contributed by atoms with van der Waals surface area (Å²) in [6.07, 6.45) is 2.57. The first-order valence-corrected chi connectivity index (χ1v) is 9.23. The maximum atomic E-state index is 12.2. The molecule has 0 bridgehead atoms. The van der Waals surface area contributed by atoms with Gasteiger partial charge >= 0.3 is 0 Å². The molecule has 130 valence electrons. The van der Waals surface area contributed by atoms with Crippen LogP contribution in [0.2, 0.25) is 5.02 Å². The van der Waals surface area contributed by atoms with Gasteiger partial charge in [-0.25, -0.2) is 13.4 Å². The number of nitrogens with one attached hydrogen (secondary N) is 2. The third-order valence-electron chi connectivity index (χ3n) is 3.06. The number of carbonyl (C=O) groups is 1. The third kappa shape index (κ3) is 4.50. The van der Waals surface area contributed by atoms with Crippen LogP contribution in [0.1, 0.15) is 16.1 Å². The van der Waals surface area contributed by atoms with Crippen molar-refractivity contribution in [1.29, 1.82) is 0 Å². The maximum Gasteiger partial charge on any atom is 0.265 e. The van der Waals surface area contributed by atoms with Crippen LogP contribution in [0.5, 0.6) is 0 Å². The van der Waals surface area contributed by atoms with Crippen LogP contribution < -0.4 is 10.7 Å². The molecule has 0 saturated carbocycles. The SMILES string of the molecule is CN(C)NC(=O)c1cc(NCc2ccco2)c(Cl)c(S(C)(=O)=O)c1. The quantitative estimate of drug-likeness (QED) is 0.756. The normalized spacial score (nSPS) is 11.5. The van der Waals surface area contributed by atoms with Crippen molar-refractivity contribution in [3.05, 3.63) is 46.9 Å². The van der Waals surface area contributed by atoms with E-state index in [0.717, 1.165) is 6.26 Å². The molecule has 0 atom stereocenters. The lowest BCUT2D eigenvalue weighted by molar-refractivity contribution is 0.0856. The lowest BCUT2D eigenvalue weighted by atomic mass is 10.2. The fourth-order valence-electron chi connectivity index (χ4n) is 1.99. The monoisotopic (exact) mass is 371 g/mol. The molecule has 1 amide bonds. The van der Waals surface area contributed by atoms with Gasteiger partial charge in [0.1, 0.15) is 5.76 Å².